The van der Waals surface area contributed by atoms with Crippen molar-refractivity contribution in [3.05, 3.63) is 83.3 Å². The average molecular weight is 431 g/mol. The summed E-state index contributed by atoms with van der Waals surface area (Å²) in [4.78, 5) is 43.3. The van der Waals surface area contributed by atoms with Crippen LogP contribution in [-0.2, 0) is 13.0 Å². The van der Waals surface area contributed by atoms with Gasteiger partial charge in [0, 0.05) is 18.5 Å². The summed E-state index contributed by atoms with van der Waals surface area (Å²) < 4.78 is 10.5. The van der Waals surface area contributed by atoms with Crippen molar-refractivity contribution >= 4 is 17.7 Å². The Morgan fingerprint density at radius 2 is 1.84 bits per heavy atom. The molecule has 0 unspecified atom stereocenters. The van der Waals surface area contributed by atoms with Gasteiger partial charge in [0.15, 0.2) is 5.76 Å². The third-order valence-corrected chi connectivity index (χ3v) is 5.05. The number of rotatable bonds is 7. The first-order chi connectivity index (χ1) is 15.6. The van der Waals surface area contributed by atoms with Crippen LogP contribution in [0.5, 0.6) is 0 Å². The number of nitrogens with zero attached hydrogens (tertiary/aromatic N) is 3. The molecule has 10 nitrogen and oxygen atoms in total. The van der Waals surface area contributed by atoms with Gasteiger partial charge in [-0.3, -0.25) is 24.4 Å². The Morgan fingerprint density at radius 3 is 2.62 bits per heavy atom. The Morgan fingerprint density at radius 1 is 1.03 bits per heavy atom. The van der Waals surface area contributed by atoms with Gasteiger partial charge < -0.3 is 14.2 Å². The lowest BCUT2D eigenvalue weighted by molar-refractivity contribution is 0.0631. The van der Waals surface area contributed by atoms with Crippen LogP contribution in [0.15, 0.2) is 63.8 Å². The highest BCUT2D eigenvalue weighted by Gasteiger charge is 2.36. The van der Waals surface area contributed by atoms with Crippen LogP contribution in [0.3, 0.4) is 0 Å². The van der Waals surface area contributed by atoms with E-state index in [-0.39, 0.29) is 23.6 Å². The highest BCUT2D eigenvalue weighted by Crippen LogP contribution is 2.26. The number of carbonyl (C=O) groups excluding carboxylic acids is 3. The van der Waals surface area contributed by atoms with Crippen LogP contribution >= 0.6 is 0 Å². The number of H-pyrrole nitrogens is 1. The van der Waals surface area contributed by atoms with Gasteiger partial charge in [0.05, 0.1) is 30.2 Å². The Bertz CT molecular complexity index is 1290. The van der Waals surface area contributed by atoms with E-state index in [1.54, 1.807) is 24.3 Å². The Balaban J connectivity index is 1.22. The summed E-state index contributed by atoms with van der Waals surface area (Å²) in [5.41, 5.74) is 0.761. The molecule has 0 fully saturated rings. The van der Waals surface area contributed by atoms with E-state index in [9.17, 15) is 14.4 Å². The first-order valence-electron chi connectivity index (χ1n) is 9.86. The van der Waals surface area contributed by atoms with E-state index in [2.05, 4.69) is 20.5 Å². The fraction of sp³-hybridized carbons (Fsp3) is 0.136. The van der Waals surface area contributed by atoms with Crippen molar-refractivity contribution < 1.29 is 23.2 Å². The fourth-order valence-electron chi connectivity index (χ4n) is 3.45. The number of fused-ring (bicyclic) bond motifs is 1. The number of hydrogen-bond acceptors (Lipinski definition) is 7. The zero-order valence-electron chi connectivity index (χ0n) is 16.7. The summed E-state index contributed by atoms with van der Waals surface area (Å²) in [5, 5.41) is 9.67. The molecule has 2 N–H and O–H groups in total. The molecule has 3 amide bonds. The van der Waals surface area contributed by atoms with Crippen molar-refractivity contribution in [3.8, 4) is 11.6 Å². The van der Waals surface area contributed by atoms with Crippen LogP contribution in [0.4, 0.5) is 0 Å². The molecule has 4 heterocycles. The van der Waals surface area contributed by atoms with E-state index in [0.717, 1.165) is 4.90 Å². The molecule has 32 heavy (non-hydrogen) atoms. The van der Waals surface area contributed by atoms with Gasteiger partial charge in [-0.15, -0.1) is 0 Å². The van der Waals surface area contributed by atoms with Crippen LogP contribution in [0.2, 0.25) is 0 Å². The van der Waals surface area contributed by atoms with Crippen molar-refractivity contribution in [1.82, 2.24) is 25.4 Å². The number of benzene rings is 1. The molecule has 0 radical (unpaired) electrons. The highest BCUT2D eigenvalue weighted by atomic mass is 16.3. The lowest BCUT2D eigenvalue weighted by atomic mass is 10.1. The summed E-state index contributed by atoms with van der Waals surface area (Å²) in [6.07, 6.45) is 3.45. The predicted octanol–water partition coefficient (Wildman–Crippen LogP) is 2.43. The standard InChI is InChI=1S/C22H17N5O5/c28-20(23-8-7-18-24-19(26-25-18)17-4-2-10-32-17)13-5-6-15-16(11-13)22(30)27(21(15)29)12-14-3-1-9-31-14/h1-6,9-11H,7-8,12H2,(H,23,28)(H,24,25,26). The SMILES string of the molecule is O=C(NCCc1nc(-c2ccco2)n[nH]1)c1ccc2c(c1)C(=O)N(Cc1ccco1)C2=O. The summed E-state index contributed by atoms with van der Waals surface area (Å²) in [5.74, 6) is 0.866. The van der Waals surface area contributed by atoms with Gasteiger partial charge in [0.25, 0.3) is 17.7 Å². The number of nitrogens with one attached hydrogen (secondary N) is 2. The van der Waals surface area contributed by atoms with Crippen LogP contribution in [0.25, 0.3) is 11.6 Å². The molecule has 3 aromatic heterocycles. The Labute approximate surface area is 181 Å². The third kappa shape index (κ3) is 3.58. The van der Waals surface area contributed by atoms with Crippen LogP contribution in [0.1, 0.15) is 42.7 Å². The van der Waals surface area contributed by atoms with Crippen LogP contribution < -0.4 is 5.32 Å². The molecule has 5 rings (SSSR count). The van der Waals surface area contributed by atoms with Gasteiger partial charge in [0.1, 0.15) is 11.6 Å². The predicted molar refractivity (Wildman–Crippen MR) is 109 cm³/mol. The van der Waals surface area contributed by atoms with E-state index in [0.29, 0.717) is 41.7 Å². The number of hydrogen-bond donors (Lipinski definition) is 2. The zero-order valence-corrected chi connectivity index (χ0v) is 16.7. The molecule has 1 aromatic carbocycles. The number of imide groups is 1. The molecule has 0 aliphatic carbocycles. The third-order valence-electron chi connectivity index (χ3n) is 5.05. The molecule has 0 bridgehead atoms. The van der Waals surface area contributed by atoms with Gasteiger partial charge in [-0.25, -0.2) is 4.98 Å². The maximum Gasteiger partial charge on any atom is 0.261 e. The van der Waals surface area contributed by atoms with Crippen molar-refractivity contribution in [1.29, 1.82) is 0 Å². The molecule has 160 valence electrons. The van der Waals surface area contributed by atoms with E-state index < -0.39 is 11.8 Å². The van der Waals surface area contributed by atoms with E-state index in [1.807, 2.05) is 0 Å². The molecule has 1 aliphatic heterocycles. The van der Waals surface area contributed by atoms with Crippen LogP contribution in [-0.4, -0.2) is 44.3 Å². The second-order valence-corrected chi connectivity index (χ2v) is 7.13. The van der Waals surface area contributed by atoms with Gasteiger partial charge in [-0.2, -0.15) is 5.10 Å². The average Bonchev–Trinajstić information content (AvgIpc) is 3.60. The minimum atomic E-state index is -0.455. The summed E-state index contributed by atoms with van der Waals surface area (Å²) in [6, 6.07) is 11.3. The second-order valence-electron chi connectivity index (χ2n) is 7.13. The molecule has 0 saturated heterocycles. The zero-order chi connectivity index (χ0) is 22.1. The number of carbonyl (C=O) groups is 3. The van der Waals surface area contributed by atoms with Gasteiger partial charge in [-0.05, 0) is 42.5 Å². The molecule has 4 aromatic rings. The van der Waals surface area contributed by atoms with Crippen molar-refractivity contribution in [3.63, 3.8) is 0 Å². The first kappa shape index (κ1) is 19.5. The van der Waals surface area contributed by atoms with Crippen LogP contribution in [0, 0.1) is 0 Å². The van der Waals surface area contributed by atoms with E-state index in [4.69, 9.17) is 8.83 Å². The Hall–Kier alpha value is -4.47. The van der Waals surface area contributed by atoms with Gasteiger partial charge in [0.2, 0.25) is 5.82 Å². The smallest absolute Gasteiger partial charge is 0.261 e. The summed E-state index contributed by atoms with van der Waals surface area (Å²) >= 11 is 0. The number of furan rings is 2. The van der Waals surface area contributed by atoms with Crippen molar-refractivity contribution in [2.45, 2.75) is 13.0 Å². The van der Waals surface area contributed by atoms with E-state index >= 15 is 0 Å². The normalized spacial score (nSPS) is 12.9. The molecular formula is C22H17N5O5. The molecular weight excluding hydrogens is 414 g/mol. The minimum Gasteiger partial charge on any atom is -0.467 e. The van der Waals surface area contributed by atoms with Gasteiger partial charge in [-0.1, -0.05) is 0 Å². The molecule has 0 spiro atoms. The monoisotopic (exact) mass is 431 g/mol. The summed E-state index contributed by atoms with van der Waals surface area (Å²) in [7, 11) is 0. The number of aromatic nitrogens is 3. The largest absolute Gasteiger partial charge is 0.467 e. The first-order valence-corrected chi connectivity index (χ1v) is 9.86. The Kier molecular flexibility index (Phi) is 4.86. The van der Waals surface area contributed by atoms with Crippen molar-refractivity contribution in [2.75, 3.05) is 6.54 Å². The van der Waals surface area contributed by atoms with Gasteiger partial charge >= 0.3 is 0 Å². The molecule has 0 atom stereocenters. The second kappa shape index (κ2) is 7.99. The lowest BCUT2D eigenvalue weighted by Gasteiger charge is -2.11. The molecule has 0 saturated carbocycles. The van der Waals surface area contributed by atoms with Crippen molar-refractivity contribution in [2.24, 2.45) is 0 Å². The highest BCUT2D eigenvalue weighted by molar-refractivity contribution is 6.22. The molecule has 10 heteroatoms. The minimum absolute atomic E-state index is 0.0397. The van der Waals surface area contributed by atoms with E-state index in [1.165, 1.54) is 30.7 Å². The topological polar surface area (TPSA) is 134 Å². The maximum absolute atomic E-state index is 12.7. The molecule has 1 aliphatic rings. The lowest BCUT2D eigenvalue weighted by Crippen LogP contribution is -2.28. The number of aromatic amines is 1. The number of amides is 3. The maximum atomic E-state index is 12.7. The summed E-state index contributed by atoms with van der Waals surface area (Å²) in [6.45, 7) is 0.345. The quantitative estimate of drug-likeness (QED) is 0.429. The fourth-order valence-corrected chi connectivity index (χ4v) is 3.45.